The molecule has 4 nitrogen and oxygen atoms in total. The number of carbonyl (C=O) groups excluding carboxylic acids is 1. The van der Waals surface area contributed by atoms with Crippen LogP contribution in [-0.2, 0) is 21.2 Å². The summed E-state index contributed by atoms with van der Waals surface area (Å²) < 4.78 is 36.4. The van der Waals surface area contributed by atoms with E-state index in [4.69, 9.17) is 0 Å². The van der Waals surface area contributed by atoms with Gasteiger partial charge in [-0.2, -0.15) is 0 Å². The summed E-state index contributed by atoms with van der Waals surface area (Å²) in [6.45, 7) is 2.35. The Morgan fingerprint density at radius 2 is 2.00 bits per heavy atom. The summed E-state index contributed by atoms with van der Waals surface area (Å²) in [5, 5.41) is 0. The Bertz CT molecular complexity index is 613. The van der Waals surface area contributed by atoms with E-state index in [0.717, 1.165) is 18.4 Å². The average molecular weight is 327 g/mol. The molecule has 1 heterocycles. The highest BCUT2D eigenvalue weighted by atomic mass is 32.2. The van der Waals surface area contributed by atoms with Gasteiger partial charge in [-0.05, 0) is 30.5 Å². The van der Waals surface area contributed by atoms with Gasteiger partial charge in [0.2, 0.25) is 5.91 Å². The van der Waals surface area contributed by atoms with Gasteiger partial charge in [-0.3, -0.25) is 4.79 Å². The molecule has 1 aromatic rings. The van der Waals surface area contributed by atoms with Crippen LogP contribution in [-0.4, -0.2) is 36.8 Å². The molecule has 0 saturated carbocycles. The van der Waals surface area contributed by atoms with Gasteiger partial charge < -0.3 is 4.90 Å². The largest absolute Gasteiger partial charge is 0.334 e. The predicted molar refractivity (Wildman–Crippen MR) is 83.5 cm³/mol. The monoisotopic (exact) mass is 327 g/mol. The van der Waals surface area contributed by atoms with E-state index in [0.29, 0.717) is 19.4 Å². The summed E-state index contributed by atoms with van der Waals surface area (Å²) >= 11 is 0. The van der Waals surface area contributed by atoms with Crippen molar-refractivity contribution in [3.63, 3.8) is 0 Å². The molecule has 1 saturated heterocycles. The number of hydrogen-bond acceptors (Lipinski definition) is 3. The van der Waals surface area contributed by atoms with Crippen LogP contribution in [0.3, 0.4) is 0 Å². The predicted octanol–water partition coefficient (Wildman–Crippen LogP) is 2.53. The lowest BCUT2D eigenvalue weighted by atomic mass is 10.1. The van der Waals surface area contributed by atoms with Gasteiger partial charge in [-0.15, -0.1) is 0 Å². The van der Waals surface area contributed by atoms with Crippen molar-refractivity contribution >= 4 is 15.7 Å². The molecule has 1 aromatic carbocycles. The van der Waals surface area contributed by atoms with E-state index in [1.54, 1.807) is 17.0 Å². The highest BCUT2D eigenvalue weighted by Gasteiger charge is 2.34. The van der Waals surface area contributed by atoms with Crippen LogP contribution >= 0.6 is 0 Å². The molecular weight excluding hydrogens is 305 g/mol. The summed E-state index contributed by atoms with van der Waals surface area (Å²) in [5.74, 6) is -0.172. The maximum Gasteiger partial charge on any atom is 0.223 e. The molecule has 1 fully saturated rings. The van der Waals surface area contributed by atoms with Crippen LogP contribution in [0.5, 0.6) is 0 Å². The number of rotatable bonds is 6. The zero-order valence-corrected chi connectivity index (χ0v) is 13.6. The molecule has 0 spiro atoms. The zero-order valence-electron chi connectivity index (χ0n) is 12.8. The molecule has 0 aliphatic carbocycles. The number of hydrogen-bond donors (Lipinski definition) is 0. The van der Waals surface area contributed by atoms with E-state index in [-0.39, 0.29) is 29.3 Å². The summed E-state index contributed by atoms with van der Waals surface area (Å²) in [5.41, 5.74) is 0.815. The number of amides is 1. The SMILES string of the molecule is CCCCC(=O)N(Cc1ccc(F)cc1)[C@@H]1CCS(=O)(=O)C1. The van der Waals surface area contributed by atoms with Crippen molar-refractivity contribution < 1.29 is 17.6 Å². The number of carbonyl (C=O) groups is 1. The van der Waals surface area contributed by atoms with Crippen LogP contribution in [0.25, 0.3) is 0 Å². The Morgan fingerprint density at radius 3 is 2.55 bits per heavy atom. The molecule has 22 heavy (non-hydrogen) atoms. The van der Waals surface area contributed by atoms with Gasteiger partial charge in [-0.25, -0.2) is 12.8 Å². The Hall–Kier alpha value is -1.43. The Labute approximate surface area is 131 Å². The second-order valence-electron chi connectivity index (χ2n) is 5.81. The summed E-state index contributed by atoms with van der Waals surface area (Å²) in [4.78, 5) is 14.1. The first-order valence-electron chi connectivity index (χ1n) is 7.65. The maximum atomic E-state index is 13.0. The smallest absolute Gasteiger partial charge is 0.223 e. The van der Waals surface area contributed by atoms with Crippen molar-refractivity contribution in [2.24, 2.45) is 0 Å². The minimum atomic E-state index is -3.05. The van der Waals surface area contributed by atoms with E-state index in [9.17, 15) is 17.6 Å². The number of halogens is 1. The summed E-state index contributed by atoms with van der Waals surface area (Å²) in [6.07, 6.45) is 2.62. The lowest BCUT2D eigenvalue weighted by Crippen LogP contribution is -2.40. The highest BCUT2D eigenvalue weighted by molar-refractivity contribution is 7.91. The molecule has 6 heteroatoms. The molecule has 1 aliphatic heterocycles. The van der Waals surface area contributed by atoms with Gasteiger partial charge in [0.1, 0.15) is 5.82 Å². The van der Waals surface area contributed by atoms with Gasteiger partial charge in [-0.1, -0.05) is 25.5 Å². The quantitative estimate of drug-likeness (QED) is 0.807. The summed E-state index contributed by atoms with van der Waals surface area (Å²) in [7, 11) is -3.05. The van der Waals surface area contributed by atoms with E-state index in [1.165, 1.54) is 12.1 Å². The number of benzene rings is 1. The molecule has 1 atom stereocenters. The van der Waals surface area contributed by atoms with Crippen molar-refractivity contribution in [1.29, 1.82) is 0 Å². The Balaban J connectivity index is 2.14. The molecule has 0 N–H and O–H groups in total. The fourth-order valence-corrected chi connectivity index (χ4v) is 4.43. The van der Waals surface area contributed by atoms with Crippen LogP contribution in [0.1, 0.15) is 38.2 Å². The molecule has 0 aromatic heterocycles. The normalized spacial score (nSPS) is 20.0. The first-order valence-corrected chi connectivity index (χ1v) is 9.48. The zero-order chi connectivity index (χ0) is 16.2. The maximum absolute atomic E-state index is 13.0. The third-order valence-corrected chi connectivity index (χ3v) is 5.73. The lowest BCUT2D eigenvalue weighted by Gasteiger charge is -2.28. The molecule has 2 rings (SSSR count). The van der Waals surface area contributed by atoms with Gasteiger partial charge in [0.25, 0.3) is 0 Å². The van der Waals surface area contributed by atoms with Crippen LogP contribution in [0, 0.1) is 5.82 Å². The molecule has 0 bridgehead atoms. The topological polar surface area (TPSA) is 54.5 Å². The Morgan fingerprint density at radius 1 is 1.32 bits per heavy atom. The average Bonchev–Trinajstić information content (AvgIpc) is 2.84. The Kier molecular flexibility index (Phi) is 5.56. The van der Waals surface area contributed by atoms with Crippen molar-refractivity contribution in [2.45, 2.75) is 45.2 Å². The third kappa shape index (κ3) is 4.53. The van der Waals surface area contributed by atoms with Crippen molar-refractivity contribution in [1.82, 2.24) is 4.90 Å². The fourth-order valence-electron chi connectivity index (χ4n) is 2.70. The molecule has 122 valence electrons. The number of nitrogens with zero attached hydrogens (tertiary/aromatic N) is 1. The molecule has 0 unspecified atom stereocenters. The molecular formula is C16H22FNO3S. The van der Waals surface area contributed by atoms with Gasteiger partial charge in [0, 0.05) is 19.0 Å². The van der Waals surface area contributed by atoms with Crippen molar-refractivity contribution in [3.05, 3.63) is 35.6 Å². The summed E-state index contributed by atoms with van der Waals surface area (Å²) in [6, 6.07) is 5.72. The molecule has 1 aliphatic rings. The number of sulfone groups is 1. The fraction of sp³-hybridized carbons (Fsp3) is 0.562. The highest BCUT2D eigenvalue weighted by Crippen LogP contribution is 2.21. The van der Waals surface area contributed by atoms with Gasteiger partial charge in [0.05, 0.1) is 11.5 Å². The molecule has 0 radical (unpaired) electrons. The van der Waals surface area contributed by atoms with E-state index >= 15 is 0 Å². The van der Waals surface area contributed by atoms with Crippen molar-refractivity contribution in [3.8, 4) is 0 Å². The van der Waals surface area contributed by atoms with Crippen LogP contribution < -0.4 is 0 Å². The van der Waals surface area contributed by atoms with Gasteiger partial charge >= 0.3 is 0 Å². The third-order valence-electron chi connectivity index (χ3n) is 3.98. The minimum Gasteiger partial charge on any atom is -0.334 e. The standard InChI is InChI=1S/C16H22FNO3S/c1-2-3-4-16(19)18(15-9-10-22(20,21)12-15)11-13-5-7-14(17)8-6-13/h5-8,15H,2-4,9-12H2,1H3/t15-/m1/s1. The van der Waals surface area contributed by atoms with Crippen LogP contribution in [0.4, 0.5) is 4.39 Å². The minimum absolute atomic E-state index is 0.0201. The second-order valence-corrected chi connectivity index (χ2v) is 8.04. The van der Waals surface area contributed by atoms with E-state index in [1.807, 2.05) is 6.92 Å². The number of unbranched alkanes of at least 4 members (excludes halogenated alkanes) is 1. The van der Waals surface area contributed by atoms with Crippen LogP contribution in [0.15, 0.2) is 24.3 Å². The van der Waals surface area contributed by atoms with Crippen molar-refractivity contribution in [2.75, 3.05) is 11.5 Å². The second kappa shape index (κ2) is 7.22. The first-order chi connectivity index (χ1) is 10.4. The first kappa shape index (κ1) is 16.9. The molecule has 1 amide bonds. The van der Waals surface area contributed by atoms with E-state index < -0.39 is 9.84 Å². The van der Waals surface area contributed by atoms with E-state index in [2.05, 4.69) is 0 Å². The van der Waals surface area contributed by atoms with Crippen LogP contribution in [0.2, 0.25) is 0 Å². The lowest BCUT2D eigenvalue weighted by molar-refractivity contribution is -0.133. The van der Waals surface area contributed by atoms with Gasteiger partial charge in [0.15, 0.2) is 9.84 Å².